The number of anilines is 2. The van der Waals surface area contributed by atoms with Crippen LogP contribution in [0.3, 0.4) is 0 Å². The van der Waals surface area contributed by atoms with Gasteiger partial charge in [0, 0.05) is 34.1 Å². The first-order chi connectivity index (χ1) is 14.7. The second-order valence-corrected chi connectivity index (χ2v) is 6.91. The van der Waals surface area contributed by atoms with Gasteiger partial charge in [-0.2, -0.15) is 0 Å². The molecular weight excluding hydrogens is 404 g/mol. The van der Waals surface area contributed by atoms with Crippen LogP contribution in [0.1, 0.15) is 0 Å². The van der Waals surface area contributed by atoms with Gasteiger partial charge in [-0.3, -0.25) is 4.98 Å². The molecule has 30 heavy (non-hydrogen) atoms. The van der Waals surface area contributed by atoms with Gasteiger partial charge in [0.15, 0.2) is 0 Å². The Kier molecular flexibility index (Phi) is 4.45. The molecule has 5 rings (SSSR count). The molecule has 3 aromatic heterocycles. The number of H-pyrrole nitrogens is 1. The summed E-state index contributed by atoms with van der Waals surface area (Å²) in [5, 5.41) is 10.9. The van der Waals surface area contributed by atoms with E-state index in [9.17, 15) is 4.79 Å². The van der Waals surface area contributed by atoms with Crippen LogP contribution in [-0.2, 0) is 0 Å². The molecule has 3 heterocycles. The summed E-state index contributed by atoms with van der Waals surface area (Å²) in [6.07, 6.45) is 4.82. The molecular formula is C21H13ClN6O2. The second-order valence-electron chi connectivity index (χ2n) is 6.47. The largest absolute Gasteiger partial charge is 0.434 e. The Morgan fingerprint density at radius 2 is 1.87 bits per heavy atom. The zero-order valence-corrected chi connectivity index (χ0v) is 16.1. The number of nitrogens with zero attached hydrogens (tertiary/aromatic N) is 4. The number of fused-ring (bicyclic) bond motifs is 1. The third-order valence-corrected chi connectivity index (χ3v) is 4.71. The number of hydrogen-bond donors (Lipinski definition) is 2. The predicted octanol–water partition coefficient (Wildman–Crippen LogP) is 4.43. The predicted molar refractivity (Wildman–Crippen MR) is 114 cm³/mol. The summed E-state index contributed by atoms with van der Waals surface area (Å²) in [5.74, 6) is 0.225. The molecule has 0 saturated heterocycles. The van der Waals surface area contributed by atoms with Crippen molar-refractivity contribution in [2.24, 2.45) is 0 Å². The SMILES string of the molecule is O=c1[nH]nc(-c2cncc(-c3ccc4ncnc(Nc5cccc(Cl)c5)c4c3)c2)o1. The lowest BCUT2D eigenvalue weighted by molar-refractivity contribution is 0.527. The van der Waals surface area contributed by atoms with Gasteiger partial charge < -0.3 is 9.73 Å². The summed E-state index contributed by atoms with van der Waals surface area (Å²) >= 11 is 6.09. The third kappa shape index (κ3) is 3.51. The minimum absolute atomic E-state index is 0.182. The average Bonchev–Trinajstić information content (AvgIpc) is 3.20. The minimum Gasteiger partial charge on any atom is -0.388 e. The van der Waals surface area contributed by atoms with E-state index in [0.29, 0.717) is 16.4 Å². The highest BCUT2D eigenvalue weighted by atomic mass is 35.5. The normalized spacial score (nSPS) is 11.0. The van der Waals surface area contributed by atoms with E-state index in [-0.39, 0.29) is 5.89 Å². The van der Waals surface area contributed by atoms with Gasteiger partial charge in [-0.25, -0.2) is 19.9 Å². The molecule has 2 aromatic carbocycles. The maximum Gasteiger partial charge on any atom is 0.434 e. The highest BCUT2D eigenvalue weighted by molar-refractivity contribution is 6.30. The molecule has 0 aliphatic heterocycles. The standard InChI is InChI=1S/C21H13ClN6O2/c22-15-2-1-3-16(8-15)26-19-17-7-12(4-5-18(17)24-11-25-19)13-6-14(10-23-9-13)20-27-28-21(29)30-20/h1-11H,(H,28,29)(H,24,25,26). The Morgan fingerprint density at radius 3 is 2.70 bits per heavy atom. The first-order valence-corrected chi connectivity index (χ1v) is 9.32. The van der Waals surface area contributed by atoms with E-state index in [0.717, 1.165) is 27.7 Å². The number of benzene rings is 2. The smallest absolute Gasteiger partial charge is 0.388 e. The number of halogens is 1. The quantitative estimate of drug-likeness (QED) is 0.446. The van der Waals surface area contributed by atoms with E-state index in [2.05, 4.69) is 30.5 Å². The fourth-order valence-corrected chi connectivity index (χ4v) is 3.30. The average molecular weight is 417 g/mol. The minimum atomic E-state index is -0.616. The van der Waals surface area contributed by atoms with Crippen molar-refractivity contribution < 1.29 is 4.42 Å². The van der Waals surface area contributed by atoms with Crippen molar-refractivity contribution in [3.8, 4) is 22.6 Å². The first-order valence-electron chi connectivity index (χ1n) is 8.94. The zero-order valence-electron chi connectivity index (χ0n) is 15.3. The van der Waals surface area contributed by atoms with E-state index in [1.807, 2.05) is 48.5 Å². The van der Waals surface area contributed by atoms with Crippen LogP contribution in [-0.4, -0.2) is 25.1 Å². The van der Waals surface area contributed by atoms with E-state index >= 15 is 0 Å². The van der Waals surface area contributed by atoms with Crippen molar-refractivity contribution >= 4 is 34.0 Å². The Bertz CT molecular complexity index is 1430. The van der Waals surface area contributed by atoms with Gasteiger partial charge in [0.05, 0.1) is 11.1 Å². The molecule has 8 nitrogen and oxygen atoms in total. The van der Waals surface area contributed by atoms with E-state index in [1.54, 1.807) is 12.4 Å². The topological polar surface area (TPSA) is 110 Å². The molecule has 9 heteroatoms. The molecule has 2 N–H and O–H groups in total. The lowest BCUT2D eigenvalue weighted by Crippen LogP contribution is -1.96. The summed E-state index contributed by atoms with van der Waals surface area (Å²) in [6.45, 7) is 0. The van der Waals surface area contributed by atoms with Gasteiger partial charge in [0.25, 0.3) is 5.89 Å². The Hall–Kier alpha value is -4.04. The second kappa shape index (κ2) is 7.41. The molecule has 0 aliphatic rings. The molecule has 146 valence electrons. The van der Waals surface area contributed by atoms with E-state index < -0.39 is 5.76 Å². The molecule has 0 radical (unpaired) electrons. The molecule has 0 fully saturated rings. The summed E-state index contributed by atoms with van der Waals surface area (Å²) in [6, 6.07) is 15.1. The van der Waals surface area contributed by atoms with Gasteiger partial charge in [0.2, 0.25) is 0 Å². The third-order valence-electron chi connectivity index (χ3n) is 4.48. The van der Waals surface area contributed by atoms with Crippen LogP contribution in [0.15, 0.2) is 76.5 Å². The van der Waals surface area contributed by atoms with E-state index in [4.69, 9.17) is 16.0 Å². The number of rotatable bonds is 4. The van der Waals surface area contributed by atoms with E-state index in [1.165, 1.54) is 6.33 Å². The molecule has 0 atom stereocenters. The maximum absolute atomic E-state index is 11.2. The monoisotopic (exact) mass is 416 g/mol. The van der Waals surface area contributed by atoms with Crippen LogP contribution in [0.2, 0.25) is 5.02 Å². The molecule has 0 spiro atoms. The fourth-order valence-electron chi connectivity index (χ4n) is 3.11. The van der Waals surface area contributed by atoms with Crippen LogP contribution >= 0.6 is 11.6 Å². The van der Waals surface area contributed by atoms with Gasteiger partial charge in [0.1, 0.15) is 12.1 Å². The van der Waals surface area contributed by atoms with Crippen LogP contribution in [0.4, 0.5) is 11.5 Å². The highest BCUT2D eigenvalue weighted by Gasteiger charge is 2.10. The van der Waals surface area contributed by atoms with Crippen molar-refractivity contribution in [1.29, 1.82) is 0 Å². The van der Waals surface area contributed by atoms with Crippen molar-refractivity contribution in [3.05, 3.63) is 82.8 Å². The number of hydrogen-bond acceptors (Lipinski definition) is 7. The Labute approximate surface area is 174 Å². The Morgan fingerprint density at radius 1 is 0.967 bits per heavy atom. The van der Waals surface area contributed by atoms with Gasteiger partial charge in [-0.1, -0.05) is 23.7 Å². The summed E-state index contributed by atoms with van der Waals surface area (Å²) < 4.78 is 5.02. The number of aromatic nitrogens is 5. The fraction of sp³-hybridized carbons (Fsp3) is 0. The van der Waals surface area contributed by atoms with Crippen LogP contribution in [0, 0.1) is 0 Å². The number of aromatic amines is 1. The molecule has 5 aromatic rings. The highest BCUT2D eigenvalue weighted by Crippen LogP contribution is 2.30. The lowest BCUT2D eigenvalue weighted by Gasteiger charge is -2.10. The van der Waals surface area contributed by atoms with Crippen LogP contribution in [0.5, 0.6) is 0 Å². The summed E-state index contributed by atoms with van der Waals surface area (Å²) in [5.41, 5.74) is 3.94. The first kappa shape index (κ1) is 18.0. The maximum atomic E-state index is 11.2. The van der Waals surface area contributed by atoms with Crippen molar-refractivity contribution in [2.75, 3.05) is 5.32 Å². The van der Waals surface area contributed by atoms with Gasteiger partial charge >= 0.3 is 5.76 Å². The van der Waals surface area contributed by atoms with Crippen molar-refractivity contribution in [1.82, 2.24) is 25.1 Å². The Balaban J connectivity index is 1.57. The number of nitrogens with one attached hydrogen (secondary N) is 2. The van der Waals surface area contributed by atoms with Crippen LogP contribution in [0.25, 0.3) is 33.5 Å². The molecule has 0 unspecified atom stereocenters. The molecule has 0 amide bonds. The summed E-state index contributed by atoms with van der Waals surface area (Å²) in [4.78, 5) is 24.2. The van der Waals surface area contributed by atoms with Gasteiger partial charge in [-0.05, 0) is 42.0 Å². The molecule has 0 saturated carbocycles. The van der Waals surface area contributed by atoms with Gasteiger partial charge in [-0.15, -0.1) is 5.10 Å². The van der Waals surface area contributed by atoms with Crippen molar-refractivity contribution in [2.45, 2.75) is 0 Å². The van der Waals surface area contributed by atoms with Crippen molar-refractivity contribution in [3.63, 3.8) is 0 Å². The van der Waals surface area contributed by atoms with Crippen LogP contribution < -0.4 is 11.1 Å². The summed E-state index contributed by atoms with van der Waals surface area (Å²) in [7, 11) is 0. The molecule has 0 aliphatic carbocycles. The lowest BCUT2D eigenvalue weighted by atomic mass is 10.0. The molecule has 0 bridgehead atoms. The zero-order chi connectivity index (χ0) is 20.5. The number of pyridine rings is 1.